The van der Waals surface area contributed by atoms with E-state index in [0.29, 0.717) is 17.8 Å². The highest BCUT2D eigenvalue weighted by molar-refractivity contribution is 5.86. The molecule has 0 spiro atoms. The Bertz CT molecular complexity index is 845. The van der Waals surface area contributed by atoms with Gasteiger partial charge in [-0.3, -0.25) is 0 Å². The Balaban J connectivity index is 1.61. The third-order valence-corrected chi connectivity index (χ3v) is 6.14. The number of hydrogen-bond donors (Lipinski definition) is 1. The number of aryl methyl sites for hydroxylation is 1. The number of pyridine rings is 1. The Kier molecular flexibility index (Phi) is 3.08. The summed E-state index contributed by atoms with van der Waals surface area (Å²) in [6, 6.07) is 2.32. The predicted octanol–water partition coefficient (Wildman–Crippen LogP) is 3.13. The van der Waals surface area contributed by atoms with Crippen LogP contribution < -0.4 is 5.32 Å². The summed E-state index contributed by atoms with van der Waals surface area (Å²) in [4.78, 5) is 9.51. The summed E-state index contributed by atoms with van der Waals surface area (Å²) in [5.41, 5.74) is 3.96. The normalized spacial score (nSPS) is 38.0. The van der Waals surface area contributed by atoms with Crippen molar-refractivity contribution in [2.45, 2.75) is 58.7 Å². The monoisotopic (exact) mass is 342 g/mol. The molecule has 5 rings (SSSR count). The number of imidazole rings is 1. The van der Waals surface area contributed by atoms with Crippen LogP contribution in [0.4, 0.5) is 5.69 Å². The van der Waals surface area contributed by atoms with Crippen molar-refractivity contribution in [2.75, 3.05) is 11.9 Å². The van der Waals surface area contributed by atoms with E-state index in [-0.39, 0.29) is 18.2 Å². The Hall–Kier alpha value is -1.66. The third kappa shape index (κ3) is 2.10. The zero-order chi connectivity index (χ0) is 17.5. The smallest absolute Gasteiger partial charge is 0.163 e. The van der Waals surface area contributed by atoms with Crippen molar-refractivity contribution < 1.29 is 9.47 Å². The first-order chi connectivity index (χ1) is 11.9. The number of nitrogens with one attached hydrogen (secondary N) is 1. The number of anilines is 1. The van der Waals surface area contributed by atoms with E-state index in [9.17, 15) is 0 Å². The van der Waals surface area contributed by atoms with Gasteiger partial charge in [-0.2, -0.15) is 0 Å². The first-order valence-electron chi connectivity index (χ1n) is 9.35. The highest BCUT2D eigenvalue weighted by Crippen LogP contribution is 2.66. The summed E-state index contributed by atoms with van der Waals surface area (Å²) >= 11 is 0. The minimum atomic E-state index is -0.504. The summed E-state index contributed by atoms with van der Waals surface area (Å²) in [6.45, 7) is 11.4. The van der Waals surface area contributed by atoms with E-state index in [0.717, 1.165) is 29.1 Å². The fourth-order valence-corrected chi connectivity index (χ4v) is 5.20. The van der Waals surface area contributed by atoms with Crippen LogP contribution in [0, 0.1) is 24.7 Å². The van der Waals surface area contributed by atoms with E-state index >= 15 is 0 Å². The van der Waals surface area contributed by atoms with Crippen LogP contribution in [0.5, 0.6) is 0 Å². The average molecular weight is 342 g/mol. The molecule has 2 aliphatic carbocycles. The Labute approximate surface area is 147 Å². The zero-order valence-electron chi connectivity index (χ0n) is 15.5. The van der Waals surface area contributed by atoms with Crippen LogP contribution in [0.15, 0.2) is 12.4 Å². The van der Waals surface area contributed by atoms with Gasteiger partial charge in [-0.1, -0.05) is 6.92 Å². The van der Waals surface area contributed by atoms with Gasteiger partial charge in [-0.15, -0.1) is 0 Å². The molecule has 6 heteroatoms. The van der Waals surface area contributed by atoms with Gasteiger partial charge in [0.25, 0.3) is 0 Å². The molecule has 1 saturated heterocycles. The molecule has 2 aromatic heterocycles. The van der Waals surface area contributed by atoms with E-state index in [1.807, 2.05) is 27.1 Å². The lowest BCUT2D eigenvalue weighted by atomic mass is 10.0. The highest BCUT2D eigenvalue weighted by Gasteiger charge is 2.70. The van der Waals surface area contributed by atoms with Crippen LogP contribution in [-0.4, -0.2) is 39.1 Å². The summed E-state index contributed by atoms with van der Waals surface area (Å²) in [6.07, 6.45) is 2.22. The van der Waals surface area contributed by atoms with E-state index in [4.69, 9.17) is 19.4 Å². The quantitative estimate of drug-likeness (QED) is 0.928. The Morgan fingerprint density at radius 1 is 1.24 bits per heavy atom. The summed E-state index contributed by atoms with van der Waals surface area (Å²) in [5.74, 6) is 1.34. The van der Waals surface area contributed by atoms with Crippen molar-refractivity contribution in [3.05, 3.63) is 18.1 Å². The van der Waals surface area contributed by atoms with Gasteiger partial charge in [0, 0.05) is 12.2 Å². The third-order valence-electron chi connectivity index (χ3n) is 6.14. The number of aromatic nitrogens is 3. The molecule has 3 fully saturated rings. The van der Waals surface area contributed by atoms with Crippen molar-refractivity contribution in [1.82, 2.24) is 14.5 Å². The fourth-order valence-electron chi connectivity index (χ4n) is 5.20. The lowest BCUT2D eigenvalue weighted by Crippen LogP contribution is -2.31. The van der Waals surface area contributed by atoms with E-state index < -0.39 is 5.79 Å². The van der Waals surface area contributed by atoms with Gasteiger partial charge in [0.1, 0.15) is 11.6 Å². The van der Waals surface area contributed by atoms with E-state index in [1.54, 1.807) is 0 Å². The van der Waals surface area contributed by atoms with Gasteiger partial charge >= 0.3 is 0 Å². The summed E-state index contributed by atoms with van der Waals surface area (Å²) < 4.78 is 14.8. The number of rotatable bonds is 3. The van der Waals surface area contributed by atoms with Gasteiger partial charge in [-0.05, 0) is 51.5 Å². The Morgan fingerprint density at radius 3 is 2.76 bits per heavy atom. The molecule has 0 unspecified atom stereocenters. The lowest BCUT2D eigenvalue weighted by molar-refractivity contribution is -0.156. The van der Waals surface area contributed by atoms with Crippen LogP contribution >= 0.6 is 0 Å². The van der Waals surface area contributed by atoms with Gasteiger partial charge in [-0.25, -0.2) is 9.97 Å². The van der Waals surface area contributed by atoms with Crippen molar-refractivity contribution in [2.24, 2.45) is 17.8 Å². The number of ether oxygens (including phenoxy) is 2. The molecule has 1 aliphatic heterocycles. The van der Waals surface area contributed by atoms with Crippen LogP contribution in [0.1, 0.15) is 39.4 Å². The molecule has 2 saturated carbocycles. The largest absolute Gasteiger partial charge is 0.383 e. The minimum absolute atomic E-state index is 0.0866. The van der Waals surface area contributed by atoms with E-state index in [1.165, 1.54) is 0 Å². The van der Waals surface area contributed by atoms with Crippen LogP contribution in [0.2, 0.25) is 0 Å². The fraction of sp³-hybridized carbons (Fsp3) is 0.684. The first-order valence-corrected chi connectivity index (χ1v) is 9.35. The lowest BCUT2D eigenvalue weighted by Gasteiger charge is -2.25. The molecular weight excluding hydrogens is 316 g/mol. The van der Waals surface area contributed by atoms with Gasteiger partial charge in [0.15, 0.2) is 11.4 Å². The first kappa shape index (κ1) is 15.6. The zero-order valence-corrected chi connectivity index (χ0v) is 15.5. The van der Waals surface area contributed by atoms with Crippen molar-refractivity contribution in [3.8, 4) is 0 Å². The second-order valence-corrected chi connectivity index (χ2v) is 8.23. The summed E-state index contributed by atoms with van der Waals surface area (Å²) in [7, 11) is 0. The number of hydrogen-bond acceptors (Lipinski definition) is 5. The van der Waals surface area contributed by atoms with Crippen molar-refractivity contribution >= 4 is 16.9 Å². The summed E-state index contributed by atoms with van der Waals surface area (Å²) in [5, 5.41) is 3.41. The second-order valence-electron chi connectivity index (χ2n) is 8.23. The maximum Gasteiger partial charge on any atom is 0.163 e. The molecule has 2 aromatic rings. The second kappa shape index (κ2) is 4.95. The molecule has 0 bridgehead atoms. The maximum absolute atomic E-state index is 6.30. The maximum atomic E-state index is 6.30. The van der Waals surface area contributed by atoms with Crippen molar-refractivity contribution in [3.63, 3.8) is 0 Å². The molecular formula is C19H26N4O2. The molecule has 25 heavy (non-hydrogen) atoms. The molecule has 6 atom stereocenters. The van der Waals surface area contributed by atoms with Crippen LogP contribution in [0.25, 0.3) is 11.2 Å². The molecule has 0 amide bonds. The van der Waals surface area contributed by atoms with Crippen molar-refractivity contribution in [1.29, 1.82) is 0 Å². The molecule has 3 aliphatic rings. The number of nitrogens with zero attached hydrogens (tertiary/aromatic N) is 3. The van der Waals surface area contributed by atoms with E-state index in [2.05, 4.69) is 29.8 Å². The predicted molar refractivity (Wildman–Crippen MR) is 95.4 cm³/mol. The Morgan fingerprint density at radius 2 is 2.00 bits per heavy atom. The van der Waals surface area contributed by atoms with Crippen LogP contribution in [-0.2, 0) is 9.47 Å². The minimum Gasteiger partial charge on any atom is -0.383 e. The SMILES string of the molecule is CCNc1cc(C)nc2c1ncn2[C@H]1[C@@H]2OC(C)(C)O[C@@H]2[C@@H]2[C@H](C)[C@@H]21. The standard InChI is InChI=1S/C19H26N4O2/c1-6-20-11-7-9(2)22-18-14(11)21-8-23(18)15-12-10(3)13(12)16-17(15)25-19(4,5)24-16/h7-8,10,12-13,15-17H,6H2,1-5H3,(H,20,22)/t10-,12+,13-,15-,16-,17+/m1/s1. The van der Waals surface area contributed by atoms with Gasteiger partial charge in [0.05, 0.1) is 24.2 Å². The van der Waals surface area contributed by atoms with Gasteiger partial charge < -0.3 is 19.4 Å². The molecule has 134 valence electrons. The molecule has 6 nitrogen and oxygen atoms in total. The molecule has 1 N–H and O–H groups in total. The average Bonchev–Trinajstić information content (AvgIpc) is 2.85. The molecule has 3 heterocycles. The molecule has 0 aromatic carbocycles. The highest BCUT2D eigenvalue weighted by atomic mass is 16.8. The number of fused-ring (bicyclic) bond motifs is 4. The van der Waals surface area contributed by atoms with Gasteiger partial charge in [0.2, 0.25) is 0 Å². The topological polar surface area (TPSA) is 61.2 Å². The van der Waals surface area contributed by atoms with Crippen LogP contribution in [0.3, 0.4) is 0 Å². The molecule has 0 radical (unpaired) electrons.